The number of benzene rings is 2. The van der Waals surface area contributed by atoms with Crippen molar-refractivity contribution in [3.8, 4) is 0 Å². The lowest BCUT2D eigenvalue weighted by Crippen LogP contribution is -2.32. The molecule has 9 heteroatoms. The van der Waals surface area contributed by atoms with Crippen LogP contribution >= 0.6 is 11.8 Å². The summed E-state index contributed by atoms with van der Waals surface area (Å²) in [5, 5.41) is 14.4. The Morgan fingerprint density at radius 3 is 2.36 bits per heavy atom. The molecule has 0 saturated carbocycles. The molecule has 0 aliphatic carbocycles. The molecule has 1 aliphatic rings. The normalized spacial score (nSPS) is 15.6. The summed E-state index contributed by atoms with van der Waals surface area (Å²) in [7, 11) is 1.25. The predicted octanol–water partition coefficient (Wildman–Crippen LogP) is 5.37. The lowest BCUT2D eigenvalue weighted by atomic mass is 9.80. The van der Waals surface area contributed by atoms with Crippen molar-refractivity contribution in [2.24, 2.45) is 0 Å². The van der Waals surface area contributed by atoms with E-state index in [1.807, 2.05) is 42.7 Å². The van der Waals surface area contributed by atoms with Crippen molar-refractivity contribution >= 4 is 35.5 Å². The number of rotatable bonds is 9. The molecular weight excluding hydrogens is 480 g/mol. The van der Waals surface area contributed by atoms with Gasteiger partial charge in [-0.15, -0.1) is 11.8 Å². The van der Waals surface area contributed by atoms with E-state index in [4.69, 9.17) is 9.47 Å². The van der Waals surface area contributed by atoms with Crippen molar-refractivity contribution in [2.75, 3.05) is 20.0 Å². The van der Waals surface area contributed by atoms with Gasteiger partial charge in [-0.1, -0.05) is 36.4 Å². The van der Waals surface area contributed by atoms with Crippen molar-refractivity contribution in [1.29, 1.82) is 0 Å². The number of hydrogen-bond donors (Lipinski definition) is 1. The Balaban J connectivity index is 1.82. The van der Waals surface area contributed by atoms with Gasteiger partial charge in [0.15, 0.2) is 0 Å². The van der Waals surface area contributed by atoms with Gasteiger partial charge in [-0.25, -0.2) is 9.59 Å². The van der Waals surface area contributed by atoms with Crippen LogP contribution < -0.4 is 5.32 Å². The standard InChI is InChI=1S/C27H28N2O6S/c1-17-23(26(30)34-3)25(20-9-7-10-21(16-20)29(32)33)24(18(2)28-17)27(31)35-15-6-5-8-19-11-13-22(36-4)14-12-19/h5,7-14,16,25,28H,6,15H2,1-4H3. The van der Waals surface area contributed by atoms with Crippen LogP contribution in [0.2, 0.25) is 0 Å². The Hall–Kier alpha value is -3.85. The van der Waals surface area contributed by atoms with Crippen LogP contribution in [0.4, 0.5) is 5.69 Å². The lowest BCUT2D eigenvalue weighted by molar-refractivity contribution is -0.384. The van der Waals surface area contributed by atoms with Crippen LogP contribution in [0.5, 0.6) is 0 Å². The zero-order chi connectivity index (χ0) is 26.2. The van der Waals surface area contributed by atoms with E-state index in [2.05, 4.69) is 5.32 Å². The SMILES string of the molecule is COC(=O)C1=C(C)NC(C)=C(C(=O)OCCC=Cc2ccc(SC)cc2)C1c1cccc([N+](=O)[O-])c1. The van der Waals surface area contributed by atoms with Crippen LogP contribution in [0.15, 0.2) is 82.0 Å². The molecule has 8 nitrogen and oxygen atoms in total. The smallest absolute Gasteiger partial charge is 0.336 e. The highest BCUT2D eigenvalue weighted by Gasteiger charge is 2.38. The van der Waals surface area contributed by atoms with Gasteiger partial charge in [0.2, 0.25) is 0 Å². The number of esters is 2. The van der Waals surface area contributed by atoms with Gasteiger partial charge in [0.25, 0.3) is 5.69 Å². The molecule has 3 rings (SSSR count). The third-order valence-corrected chi connectivity index (χ3v) is 6.49. The van der Waals surface area contributed by atoms with Crippen LogP contribution in [-0.2, 0) is 19.1 Å². The van der Waals surface area contributed by atoms with Crippen molar-refractivity contribution in [1.82, 2.24) is 5.32 Å². The number of nitrogens with one attached hydrogen (secondary N) is 1. The molecule has 0 aromatic heterocycles. The van der Waals surface area contributed by atoms with E-state index in [1.165, 1.54) is 30.2 Å². The largest absolute Gasteiger partial charge is 0.466 e. The number of dihydropyridines is 1. The number of ether oxygens (including phenoxy) is 2. The number of nitro benzene ring substituents is 1. The molecule has 0 bridgehead atoms. The number of allylic oxidation sites excluding steroid dienone is 2. The number of carbonyl (C=O) groups excluding carboxylic acids is 2. The summed E-state index contributed by atoms with van der Waals surface area (Å²) in [6.07, 6.45) is 6.39. The van der Waals surface area contributed by atoms with E-state index in [-0.39, 0.29) is 23.4 Å². The van der Waals surface area contributed by atoms with Crippen molar-refractivity contribution < 1.29 is 24.0 Å². The number of hydrogen-bond acceptors (Lipinski definition) is 8. The molecule has 188 valence electrons. The fourth-order valence-electron chi connectivity index (χ4n) is 4.03. The van der Waals surface area contributed by atoms with E-state index in [0.29, 0.717) is 23.4 Å². The van der Waals surface area contributed by atoms with Crippen molar-refractivity contribution in [3.63, 3.8) is 0 Å². The van der Waals surface area contributed by atoms with Gasteiger partial charge in [-0.2, -0.15) is 0 Å². The first-order chi connectivity index (χ1) is 17.3. The highest BCUT2D eigenvalue weighted by molar-refractivity contribution is 7.98. The van der Waals surface area contributed by atoms with Crippen LogP contribution in [0, 0.1) is 10.1 Å². The third kappa shape index (κ3) is 6.23. The molecular formula is C27H28N2O6S. The minimum absolute atomic E-state index is 0.132. The third-order valence-electron chi connectivity index (χ3n) is 5.74. The first-order valence-electron chi connectivity index (χ1n) is 11.3. The summed E-state index contributed by atoms with van der Waals surface area (Å²) in [6, 6.07) is 14.0. The Morgan fingerprint density at radius 2 is 1.75 bits per heavy atom. The number of thioether (sulfide) groups is 1. The van der Waals surface area contributed by atoms with Gasteiger partial charge in [0.1, 0.15) is 0 Å². The summed E-state index contributed by atoms with van der Waals surface area (Å²) < 4.78 is 10.5. The molecule has 0 saturated heterocycles. The average molecular weight is 509 g/mol. The van der Waals surface area contributed by atoms with Gasteiger partial charge < -0.3 is 14.8 Å². The van der Waals surface area contributed by atoms with Gasteiger partial charge >= 0.3 is 11.9 Å². The van der Waals surface area contributed by atoms with E-state index >= 15 is 0 Å². The van der Waals surface area contributed by atoms with Crippen molar-refractivity contribution in [3.05, 3.63) is 98.4 Å². The summed E-state index contributed by atoms with van der Waals surface area (Å²) in [5.74, 6) is -2.12. The molecule has 0 amide bonds. The molecule has 0 fully saturated rings. The Labute approximate surface area is 214 Å². The quantitative estimate of drug-likeness (QED) is 0.158. The summed E-state index contributed by atoms with van der Waals surface area (Å²) >= 11 is 1.67. The van der Waals surface area contributed by atoms with Crippen LogP contribution in [-0.4, -0.2) is 36.8 Å². The number of carbonyl (C=O) groups is 2. The topological polar surface area (TPSA) is 108 Å². The molecule has 2 aromatic rings. The van der Waals surface area contributed by atoms with E-state index < -0.39 is 22.8 Å². The molecule has 0 spiro atoms. The van der Waals surface area contributed by atoms with Gasteiger partial charge in [0.05, 0.1) is 35.7 Å². The monoisotopic (exact) mass is 508 g/mol. The number of nitro groups is 1. The van der Waals surface area contributed by atoms with E-state index in [1.54, 1.807) is 31.7 Å². The molecule has 2 aromatic carbocycles. The van der Waals surface area contributed by atoms with Crippen LogP contribution in [0.3, 0.4) is 0 Å². The van der Waals surface area contributed by atoms with Crippen molar-refractivity contribution in [2.45, 2.75) is 31.1 Å². The fourth-order valence-corrected chi connectivity index (χ4v) is 4.44. The highest BCUT2D eigenvalue weighted by Crippen LogP contribution is 2.40. The molecule has 1 unspecified atom stereocenters. The fraction of sp³-hybridized carbons (Fsp3) is 0.259. The van der Waals surface area contributed by atoms with E-state index in [0.717, 1.165) is 5.56 Å². The first kappa shape index (κ1) is 26.7. The second-order valence-corrected chi connectivity index (χ2v) is 8.96. The maximum absolute atomic E-state index is 13.2. The second-order valence-electron chi connectivity index (χ2n) is 8.08. The Morgan fingerprint density at radius 1 is 1.08 bits per heavy atom. The van der Waals surface area contributed by atoms with E-state index in [9.17, 15) is 19.7 Å². The van der Waals surface area contributed by atoms with Gasteiger partial charge in [0, 0.05) is 28.4 Å². The second kappa shape index (κ2) is 12.2. The molecule has 36 heavy (non-hydrogen) atoms. The lowest BCUT2D eigenvalue weighted by Gasteiger charge is -2.30. The predicted molar refractivity (Wildman–Crippen MR) is 139 cm³/mol. The van der Waals surface area contributed by atoms with Crippen LogP contribution in [0.1, 0.15) is 37.3 Å². The molecule has 1 aliphatic heterocycles. The number of non-ortho nitro benzene ring substituents is 1. The van der Waals surface area contributed by atoms with Gasteiger partial charge in [-0.05, 0) is 49.8 Å². The molecule has 1 heterocycles. The Kier molecular flexibility index (Phi) is 9.08. The Bertz CT molecular complexity index is 1250. The number of nitrogens with zero attached hydrogens (tertiary/aromatic N) is 1. The maximum Gasteiger partial charge on any atom is 0.336 e. The zero-order valence-electron chi connectivity index (χ0n) is 20.6. The first-order valence-corrected chi connectivity index (χ1v) is 12.5. The molecule has 1 N–H and O–H groups in total. The molecule has 0 radical (unpaired) electrons. The summed E-state index contributed by atoms with van der Waals surface area (Å²) in [5.41, 5.74) is 2.73. The van der Waals surface area contributed by atoms with Gasteiger partial charge in [-0.3, -0.25) is 10.1 Å². The highest BCUT2D eigenvalue weighted by atomic mass is 32.2. The minimum atomic E-state index is -0.878. The average Bonchev–Trinajstić information content (AvgIpc) is 2.87. The number of methoxy groups -OCH3 is 1. The summed E-state index contributed by atoms with van der Waals surface area (Å²) in [6.45, 7) is 3.53. The molecule has 1 atom stereocenters. The summed E-state index contributed by atoms with van der Waals surface area (Å²) in [4.78, 5) is 37.9. The van der Waals surface area contributed by atoms with Crippen LogP contribution in [0.25, 0.3) is 6.08 Å². The zero-order valence-corrected chi connectivity index (χ0v) is 21.4. The maximum atomic E-state index is 13.2. The minimum Gasteiger partial charge on any atom is -0.466 e.